The van der Waals surface area contributed by atoms with E-state index in [1.165, 1.54) is 5.56 Å². The van der Waals surface area contributed by atoms with Crippen molar-refractivity contribution in [2.75, 3.05) is 32.2 Å². The number of hydrogen-bond donors (Lipinski definition) is 1. The lowest BCUT2D eigenvalue weighted by Crippen LogP contribution is -2.12. The first-order valence-corrected chi connectivity index (χ1v) is 10.9. The van der Waals surface area contributed by atoms with Gasteiger partial charge >= 0.3 is 0 Å². The summed E-state index contributed by atoms with van der Waals surface area (Å²) < 4.78 is 17.1. The topological polar surface area (TPSA) is 56.8 Å². The van der Waals surface area contributed by atoms with Gasteiger partial charge in [0.2, 0.25) is 0 Å². The van der Waals surface area contributed by atoms with Crippen molar-refractivity contribution in [1.29, 1.82) is 0 Å². The lowest BCUT2D eigenvalue weighted by atomic mass is 10.1. The van der Waals surface area contributed by atoms with Crippen molar-refractivity contribution in [3.63, 3.8) is 0 Å². The predicted molar refractivity (Wildman–Crippen MR) is 126 cm³/mol. The van der Waals surface area contributed by atoms with Crippen molar-refractivity contribution in [1.82, 2.24) is 0 Å². The molecule has 3 rings (SSSR count). The molecule has 5 nitrogen and oxygen atoms in total. The first-order chi connectivity index (χ1) is 15.2. The maximum Gasteiger partial charge on any atom is 0.255 e. The molecule has 0 saturated carbocycles. The summed E-state index contributed by atoms with van der Waals surface area (Å²) in [6.45, 7) is 1.56. The molecule has 0 aliphatic rings. The Morgan fingerprint density at radius 1 is 0.903 bits per heavy atom. The van der Waals surface area contributed by atoms with Crippen LogP contribution in [0, 0.1) is 0 Å². The highest BCUT2D eigenvalue weighted by Crippen LogP contribution is 2.27. The highest BCUT2D eigenvalue weighted by Gasteiger charge is 2.10. The minimum absolute atomic E-state index is 0.203. The van der Waals surface area contributed by atoms with E-state index in [9.17, 15) is 4.79 Å². The van der Waals surface area contributed by atoms with Crippen molar-refractivity contribution in [3.05, 3.63) is 88.4 Å². The van der Waals surface area contributed by atoms with Crippen molar-refractivity contribution < 1.29 is 19.0 Å². The molecule has 0 fully saturated rings. The number of carbonyl (C=O) groups is 1. The van der Waals surface area contributed by atoms with E-state index in [0.717, 1.165) is 18.6 Å². The Labute approximate surface area is 191 Å². The number of aryl methyl sites for hydroxylation is 1. The summed E-state index contributed by atoms with van der Waals surface area (Å²) in [6.07, 6.45) is 1.89. The molecule has 31 heavy (non-hydrogen) atoms. The van der Waals surface area contributed by atoms with E-state index in [1.54, 1.807) is 25.3 Å². The summed E-state index contributed by atoms with van der Waals surface area (Å²) in [6, 6.07) is 23.0. The molecule has 162 valence electrons. The zero-order valence-corrected chi connectivity index (χ0v) is 19.1. The molecule has 0 aliphatic carbocycles. The van der Waals surface area contributed by atoms with Crippen LogP contribution in [0.1, 0.15) is 22.3 Å². The number of hydrogen-bond acceptors (Lipinski definition) is 4. The van der Waals surface area contributed by atoms with Crippen LogP contribution in [0.15, 0.2) is 77.3 Å². The van der Waals surface area contributed by atoms with Crippen LogP contribution in [0.5, 0.6) is 11.5 Å². The van der Waals surface area contributed by atoms with E-state index >= 15 is 0 Å². The molecule has 3 aromatic rings. The van der Waals surface area contributed by atoms with Crippen LogP contribution in [-0.2, 0) is 11.2 Å². The Hall–Kier alpha value is -2.83. The largest absolute Gasteiger partial charge is 0.494 e. The molecule has 0 atom stereocenters. The van der Waals surface area contributed by atoms with Crippen LogP contribution < -0.4 is 14.8 Å². The van der Waals surface area contributed by atoms with Gasteiger partial charge in [-0.3, -0.25) is 4.79 Å². The van der Waals surface area contributed by atoms with Crippen LogP contribution in [0.2, 0.25) is 0 Å². The first-order valence-electron chi connectivity index (χ1n) is 10.1. The fourth-order valence-corrected chi connectivity index (χ4v) is 3.47. The summed E-state index contributed by atoms with van der Waals surface area (Å²) in [5, 5.41) is 2.91. The summed E-state index contributed by atoms with van der Waals surface area (Å²) in [5.41, 5.74) is 2.51. The van der Waals surface area contributed by atoms with Gasteiger partial charge in [0.1, 0.15) is 18.1 Å². The zero-order valence-electron chi connectivity index (χ0n) is 17.5. The van der Waals surface area contributed by atoms with Gasteiger partial charge in [-0.1, -0.05) is 36.4 Å². The number of ether oxygens (including phenoxy) is 3. The van der Waals surface area contributed by atoms with Crippen molar-refractivity contribution in [3.8, 4) is 11.5 Å². The Balaban J connectivity index is 1.51. The normalized spacial score (nSPS) is 10.5. The fourth-order valence-electron chi connectivity index (χ4n) is 2.97. The maximum absolute atomic E-state index is 12.6. The number of benzene rings is 3. The van der Waals surface area contributed by atoms with Gasteiger partial charge in [0.25, 0.3) is 5.91 Å². The van der Waals surface area contributed by atoms with Crippen LogP contribution >= 0.6 is 15.9 Å². The highest BCUT2D eigenvalue weighted by atomic mass is 79.9. The maximum atomic E-state index is 12.6. The molecule has 0 radical (unpaired) electrons. The van der Waals surface area contributed by atoms with Gasteiger partial charge in [0, 0.05) is 24.4 Å². The Kier molecular flexibility index (Phi) is 8.94. The number of amides is 1. The molecule has 1 amide bonds. The summed E-state index contributed by atoms with van der Waals surface area (Å²) in [5.74, 6) is 1.19. The van der Waals surface area contributed by atoms with Gasteiger partial charge in [-0.05, 0) is 64.7 Å². The lowest BCUT2D eigenvalue weighted by Gasteiger charge is -2.11. The number of carbonyl (C=O) groups excluding carboxylic acids is 1. The predicted octanol–water partition coefficient (Wildman–Crippen LogP) is 5.74. The zero-order chi connectivity index (χ0) is 21.9. The molecule has 0 aliphatic heterocycles. The average Bonchev–Trinajstić information content (AvgIpc) is 2.79. The Morgan fingerprint density at radius 3 is 2.52 bits per heavy atom. The number of methoxy groups -OCH3 is 1. The van der Waals surface area contributed by atoms with E-state index in [1.807, 2.05) is 42.5 Å². The van der Waals surface area contributed by atoms with Gasteiger partial charge in [-0.25, -0.2) is 0 Å². The van der Waals surface area contributed by atoms with E-state index in [4.69, 9.17) is 14.2 Å². The fraction of sp³-hybridized carbons (Fsp3) is 0.240. The first kappa shape index (κ1) is 22.8. The molecule has 0 aromatic heterocycles. The summed E-state index contributed by atoms with van der Waals surface area (Å²) in [7, 11) is 1.62. The molecule has 6 heteroatoms. The van der Waals surface area contributed by atoms with E-state index in [0.29, 0.717) is 41.3 Å². The van der Waals surface area contributed by atoms with E-state index < -0.39 is 0 Å². The smallest absolute Gasteiger partial charge is 0.255 e. The lowest BCUT2D eigenvalue weighted by molar-refractivity contribution is 0.102. The summed E-state index contributed by atoms with van der Waals surface area (Å²) in [4.78, 5) is 12.6. The number of anilines is 1. The van der Waals surface area contributed by atoms with Crippen molar-refractivity contribution in [2.24, 2.45) is 0 Å². The quantitative estimate of drug-likeness (QED) is 0.353. The Morgan fingerprint density at radius 2 is 1.74 bits per heavy atom. The third kappa shape index (κ3) is 7.42. The third-order valence-corrected chi connectivity index (χ3v) is 5.17. The molecule has 1 N–H and O–H groups in total. The number of rotatable bonds is 11. The van der Waals surface area contributed by atoms with E-state index in [-0.39, 0.29) is 5.91 Å². The molecule has 0 spiro atoms. The second kappa shape index (κ2) is 12.1. The van der Waals surface area contributed by atoms with Crippen LogP contribution in [0.4, 0.5) is 5.69 Å². The van der Waals surface area contributed by atoms with Crippen LogP contribution in [0.3, 0.4) is 0 Å². The van der Waals surface area contributed by atoms with Crippen molar-refractivity contribution >= 4 is 27.5 Å². The number of nitrogens with one attached hydrogen (secondary N) is 1. The van der Waals surface area contributed by atoms with Crippen molar-refractivity contribution in [2.45, 2.75) is 12.8 Å². The summed E-state index contributed by atoms with van der Waals surface area (Å²) >= 11 is 3.45. The second-order valence-electron chi connectivity index (χ2n) is 6.91. The van der Waals surface area contributed by atoms with Crippen LogP contribution in [-0.4, -0.2) is 32.8 Å². The van der Waals surface area contributed by atoms with Gasteiger partial charge in [0.15, 0.2) is 0 Å². The molecule has 0 heterocycles. The Bertz CT molecular complexity index is 978. The number of halogens is 1. The van der Waals surface area contributed by atoms with Gasteiger partial charge in [-0.15, -0.1) is 0 Å². The standard InChI is InChI=1S/C25H26BrNO4/c1-29-15-16-31-24-13-12-20(17-23(24)26)25(28)27-21-10-5-11-22(18-21)30-14-6-9-19-7-3-2-4-8-19/h2-5,7-8,10-13,17-18H,6,9,14-16H2,1H3,(H,27,28). The SMILES string of the molecule is COCCOc1ccc(C(=O)Nc2cccc(OCCCc3ccccc3)c2)cc1Br. The van der Waals surface area contributed by atoms with Crippen LogP contribution in [0.25, 0.3) is 0 Å². The molecular weight excluding hydrogens is 458 g/mol. The second-order valence-corrected chi connectivity index (χ2v) is 7.76. The molecular formula is C25H26BrNO4. The third-order valence-electron chi connectivity index (χ3n) is 4.55. The monoisotopic (exact) mass is 483 g/mol. The van der Waals surface area contributed by atoms with Gasteiger partial charge in [-0.2, -0.15) is 0 Å². The minimum Gasteiger partial charge on any atom is -0.494 e. The molecule has 0 bridgehead atoms. The van der Waals surface area contributed by atoms with E-state index in [2.05, 4.69) is 33.4 Å². The van der Waals surface area contributed by atoms with Gasteiger partial charge < -0.3 is 19.5 Å². The van der Waals surface area contributed by atoms with Gasteiger partial charge in [0.05, 0.1) is 17.7 Å². The average molecular weight is 484 g/mol. The molecule has 0 unspecified atom stereocenters. The highest BCUT2D eigenvalue weighted by molar-refractivity contribution is 9.10. The molecule has 0 saturated heterocycles. The minimum atomic E-state index is -0.203. The molecule has 3 aromatic carbocycles.